The highest BCUT2D eigenvalue weighted by atomic mass is 35.5. The van der Waals surface area contributed by atoms with Crippen LogP contribution in [0.1, 0.15) is 17.3 Å². The molecule has 3 rings (SSSR count). The number of aromatic nitrogens is 1. The van der Waals surface area contributed by atoms with Crippen LogP contribution >= 0.6 is 34.7 Å². The van der Waals surface area contributed by atoms with Gasteiger partial charge >= 0.3 is 0 Å². The molecule has 21 heavy (non-hydrogen) atoms. The maximum atomic E-state index is 12.4. The Bertz CT molecular complexity index is 749. The van der Waals surface area contributed by atoms with Crippen LogP contribution in [0.2, 0.25) is 5.02 Å². The average molecular weight is 334 g/mol. The van der Waals surface area contributed by atoms with E-state index >= 15 is 0 Å². The first-order valence-corrected chi connectivity index (χ1v) is 8.53. The Kier molecular flexibility index (Phi) is 4.29. The van der Waals surface area contributed by atoms with Crippen molar-refractivity contribution in [2.45, 2.75) is 16.5 Å². The van der Waals surface area contributed by atoms with Gasteiger partial charge in [0.2, 0.25) is 0 Å². The van der Waals surface area contributed by atoms with Gasteiger partial charge in [0.25, 0.3) is 0 Å². The van der Waals surface area contributed by atoms with Gasteiger partial charge in [0.15, 0.2) is 10.1 Å². The minimum absolute atomic E-state index is 0.0934. The fourth-order valence-electron chi connectivity index (χ4n) is 1.96. The summed E-state index contributed by atoms with van der Waals surface area (Å²) in [5.74, 6) is 0.0934. The number of carbonyl (C=O) groups is 1. The number of thiazole rings is 1. The van der Waals surface area contributed by atoms with Crippen molar-refractivity contribution in [2.75, 3.05) is 0 Å². The summed E-state index contributed by atoms with van der Waals surface area (Å²) >= 11 is 8.97. The molecule has 0 spiro atoms. The molecular formula is C16H12ClNOS2. The SMILES string of the molecule is CC(Sc1nc2ccccc2s1)C(=O)c1ccc(Cl)cc1. The molecule has 1 heterocycles. The molecule has 0 aliphatic heterocycles. The predicted octanol–water partition coefficient (Wildman–Crippen LogP) is 5.31. The van der Waals surface area contributed by atoms with E-state index in [1.165, 1.54) is 11.8 Å². The summed E-state index contributed by atoms with van der Waals surface area (Å²) in [6.07, 6.45) is 0. The molecule has 3 aromatic rings. The van der Waals surface area contributed by atoms with E-state index < -0.39 is 0 Å². The van der Waals surface area contributed by atoms with Gasteiger partial charge in [-0.2, -0.15) is 0 Å². The average Bonchev–Trinajstić information content (AvgIpc) is 2.89. The first-order chi connectivity index (χ1) is 10.1. The van der Waals surface area contributed by atoms with Crippen molar-refractivity contribution in [3.63, 3.8) is 0 Å². The summed E-state index contributed by atoms with van der Waals surface area (Å²) in [5, 5.41) is 0.463. The zero-order valence-electron chi connectivity index (χ0n) is 11.2. The van der Waals surface area contributed by atoms with Crippen molar-refractivity contribution in [2.24, 2.45) is 0 Å². The maximum absolute atomic E-state index is 12.4. The van der Waals surface area contributed by atoms with Crippen LogP contribution in [0.3, 0.4) is 0 Å². The molecule has 2 nitrogen and oxygen atoms in total. The normalized spacial score (nSPS) is 12.5. The number of carbonyl (C=O) groups excluding carboxylic acids is 1. The number of ketones is 1. The standard InChI is InChI=1S/C16H12ClNOS2/c1-10(15(19)11-6-8-12(17)9-7-11)20-16-18-13-4-2-3-5-14(13)21-16/h2-10H,1H3. The number of fused-ring (bicyclic) bond motifs is 1. The van der Waals surface area contributed by atoms with Crippen molar-refractivity contribution in [3.8, 4) is 0 Å². The molecule has 0 amide bonds. The molecule has 0 saturated carbocycles. The Morgan fingerprint density at radius 3 is 2.62 bits per heavy atom. The van der Waals surface area contributed by atoms with E-state index in [1.54, 1.807) is 35.6 Å². The minimum atomic E-state index is -0.174. The number of halogens is 1. The van der Waals surface area contributed by atoms with Crippen molar-refractivity contribution in [3.05, 3.63) is 59.1 Å². The van der Waals surface area contributed by atoms with Crippen LogP contribution in [-0.2, 0) is 0 Å². The number of thioether (sulfide) groups is 1. The molecule has 1 unspecified atom stereocenters. The van der Waals surface area contributed by atoms with E-state index in [0.717, 1.165) is 14.6 Å². The first kappa shape index (κ1) is 14.6. The van der Waals surface area contributed by atoms with Crippen LogP contribution in [-0.4, -0.2) is 16.0 Å². The number of para-hydroxylation sites is 1. The summed E-state index contributed by atoms with van der Waals surface area (Å²) in [7, 11) is 0. The third kappa shape index (κ3) is 3.28. The van der Waals surface area contributed by atoms with E-state index in [2.05, 4.69) is 4.98 Å². The van der Waals surface area contributed by atoms with Crippen LogP contribution in [0.4, 0.5) is 0 Å². The van der Waals surface area contributed by atoms with Gasteiger partial charge in [-0.15, -0.1) is 11.3 Å². The topological polar surface area (TPSA) is 30.0 Å². The molecule has 1 aromatic heterocycles. The molecule has 2 aromatic carbocycles. The second-order valence-corrected chi connectivity index (χ2v) is 7.63. The highest BCUT2D eigenvalue weighted by Crippen LogP contribution is 2.33. The molecule has 106 valence electrons. The summed E-state index contributed by atoms with van der Waals surface area (Å²) in [6.45, 7) is 1.91. The Morgan fingerprint density at radius 1 is 1.19 bits per heavy atom. The smallest absolute Gasteiger partial charge is 0.175 e. The Balaban J connectivity index is 1.77. The van der Waals surface area contributed by atoms with Crippen molar-refractivity contribution in [1.29, 1.82) is 0 Å². The second-order valence-electron chi connectivity index (χ2n) is 4.58. The van der Waals surface area contributed by atoms with Crippen molar-refractivity contribution < 1.29 is 4.79 Å². The van der Waals surface area contributed by atoms with Crippen molar-refractivity contribution in [1.82, 2.24) is 4.98 Å². The highest BCUT2D eigenvalue weighted by Gasteiger charge is 2.18. The number of benzene rings is 2. The molecule has 0 saturated heterocycles. The van der Waals surface area contributed by atoms with Gasteiger partial charge in [0.1, 0.15) is 0 Å². The van der Waals surface area contributed by atoms with Crippen LogP contribution in [0.5, 0.6) is 0 Å². The molecule has 1 atom stereocenters. The van der Waals surface area contributed by atoms with Crippen LogP contribution in [0.25, 0.3) is 10.2 Å². The third-order valence-corrected chi connectivity index (χ3v) is 5.53. The largest absolute Gasteiger partial charge is 0.293 e. The lowest BCUT2D eigenvalue weighted by atomic mass is 10.1. The van der Waals surface area contributed by atoms with Gasteiger partial charge in [0, 0.05) is 10.6 Å². The molecule has 0 N–H and O–H groups in total. The number of rotatable bonds is 4. The lowest BCUT2D eigenvalue weighted by Crippen LogP contribution is -2.13. The maximum Gasteiger partial charge on any atom is 0.175 e. The van der Waals surface area contributed by atoms with Crippen LogP contribution < -0.4 is 0 Å². The van der Waals surface area contributed by atoms with Gasteiger partial charge in [-0.1, -0.05) is 35.5 Å². The molecule has 0 fully saturated rings. The van der Waals surface area contributed by atoms with Gasteiger partial charge in [-0.05, 0) is 43.3 Å². The molecule has 0 bridgehead atoms. The van der Waals surface area contributed by atoms with E-state index in [9.17, 15) is 4.79 Å². The number of hydrogen-bond acceptors (Lipinski definition) is 4. The first-order valence-electron chi connectivity index (χ1n) is 6.45. The lowest BCUT2D eigenvalue weighted by molar-refractivity contribution is 0.0994. The second kappa shape index (κ2) is 6.18. The number of Topliss-reactive ketones (excluding diaryl/α,β-unsaturated/α-hetero) is 1. The van der Waals surface area contributed by atoms with Gasteiger partial charge in [0.05, 0.1) is 15.5 Å². The monoisotopic (exact) mass is 333 g/mol. The summed E-state index contributed by atoms with van der Waals surface area (Å²) in [6, 6.07) is 15.0. The van der Waals surface area contributed by atoms with Crippen LogP contribution in [0.15, 0.2) is 52.9 Å². The lowest BCUT2D eigenvalue weighted by Gasteiger charge is -2.08. The predicted molar refractivity (Wildman–Crippen MR) is 90.7 cm³/mol. The zero-order valence-corrected chi connectivity index (χ0v) is 13.6. The molecule has 0 radical (unpaired) electrons. The molecule has 5 heteroatoms. The van der Waals surface area contributed by atoms with E-state index in [-0.39, 0.29) is 11.0 Å². The van der Waals surface area contributed by atoms with E-state index in [4.69, 9.17) is 11.6 Å². The number of nitrogens with zero attached hydrogens (tertiary/aromatic N) is 1. The third-order valence-electron chi connectivity index (χ3n) is 3.05. The fourth-order valence-corrected chi connectivity index (χ4v) is 4.37. The van der Waals surface area contributed by atoms with Gasteiger partial charge < -0.3 is 0 Å². The highest BCUT2D eigenvalue weighted by molar-refractivity contribution is 8.02. The van der Waals surface area contributed by atoms with Gasteiger partial charge in [-0.3, -0.25) is 4.79 Å². The minimum Gasteiger partial charge on any atom is -0.293 e. The quantitative estimate of drug-likeness (QED) is 0.478. The Hall–Kier alpha value is -1.36. The molecule has 0 aliphatic rings. The summed E-state index contributed by atoms with van der Waals surface area (Å²) < 4.78 is 2.07. The molecule has 0 aliphatic carbocycles. The van der Waals surface area contributed by atoms with E-state index in [1.807, 2.05) is 31.2 Å². The Labute approximate surface area is 136 Å². The van der Waals surface area contributed by atoms with Crippen LogP contribution in [0, 0.1) is 0 Å². The van der Waals surface area contributed by atoms with Gasteiger partial charge in [-0.25, -0.2) is 4.98 Å². The fraction of sp³-hybridized carbons (Fsp3) is 0.125. The molecular weight excluding hydrogens is 322 g/mol. The zero-order chi connectivity index (χ0) is 14.8. The van der Waals surface area contributed by atoms with E-state index in [0.29, 0.717) is 10.6 Å². The number of hydrogen-bond donors (Lipinski definition) is 0. The summed E-state index contributed by atoms with van der Waals surface area (Å²) in [5.41, 5.74) is 1.66. The van der Waals surface area contributed by atoms with Crippen molar-refractivity contribution >= 4 is 50.7 Å². The summed E-state index contributed by atoms with van der Waals surface area (Å²) in [4.78, 5) is 16.9. The Morgan fingerprint density at radius 2 is 1.90 bits per heavy atom.